The summed E-state index contributed by atoms with van der Waals surface area (Å²) in [7, 11) is 0. The molecule has 0 aliphatic carbocycles. The van der Waals surface area contributed by atoms with E-state index in [0.29, 0.717) is 19.4 Å². The van der Waals surface area contributed by atoms with Crippen molar-refractivity contribution in [3.63, 3.8) is 0 Å². The number of unbranched alkanes of at least 4 members (excludes halogenated alkanes) is 33. The molecule has 0 aliphatic heterocycles. The predicted octanol–water partition coefficient (Wildman–Crippen LogP) is 15.7. The van der Waals surface area contributed by atoms with E-state index < -0.39 is 12.1 Å². The number of amides is 1. The van der Waals surface area contributed by atoms with E-state index >= 15 is 0 Å². The molecule has 0 saturated carbocycles. The quantitative estimate of drug-likeness (QED) is 0.0322. The normalized spacial score (nSPS) is 12.9. The standard InChI is InChI=1S/C54H101NO5/c1-3-5-7-9-11-13-15-17-19-20-21-22-24-25-27-30-34-38-42-46-52(57)51(50-56)55-53(58)47-43-39-35-31-29-33-37-41-45-49-60-54(59)48-44-40-36-32-28-26-23-18-16-14-12-10-8-6-4-2/h18,23,31,35,42,46,51-52,56-57H,3-17,19-22,24-30,32-34,36-41,43-45,47-50H2,1-2H3,(H,55,58)/b23-18-,35-31-,46-42+. The monoisotopic (exact) mass is 844 g/mol. The van der Waals surface area contributed by atoms with Crippen LogP contribution < -0.4 is 5.32 Å². The number of carbonyl (C=O) groups is 2. The van der Waals surface area contributed by atoms with Gasteiger partial charge in [-0.25, -0.2) is 0 Å². The second kappa shape index (κ2) is 49.7. The highest BCUT2D eigenvalue weighted by molar-refractivity contribution is 5.76. The zero-order valence-corrected chi connectivity index (χ0v) is 39.9. The van der Waals surface area contributed by atoms with Gasteiger partial charge >= 0.3 is 5.97 Å². The number of ether oxygens (including phenoxy) is 1. The SMILES string of the molecule is CCCCCCCC/C=C\CCCCCCCC(=O)OCCCCCC/C=C\CCCC(=O)NC(CO)C(O)/C=C/CCCCCCCCCCCCCCCCCCC. The van der Waals surface area contributed by atoms with Gasteiger partial charge in [-0.05, 0) is 77.0 Å². The Morgan fingerprint density at radius 3 is 1.22 bits per heavy atom. The van der Waals surface area contributed by atoms with Crippen LogP contribution in [0.15, 0.2) is 36.5 Å². The first kappa shape index (κ1) is 58.1. The molecule has 0 fully saturated rings. The lowest BCUT2D eigenvalue weighted by Crippen LogP contribution is -2.45. The average Bonchev–Trinajstić information content (AvgIpc) is 3.25. The van der Waals surface area contributed by atoms with Crippen LogP contribution in [-0.4, -0.2) is 47.4 Å². The fourth-order valence-electron chi connectivity index (χ4n) is 7.81. The van der Waals surface area contributed by atoms with Crippen molar-refractivity contribution in [1.82, 2.24) is 5.32 Å². The van der Waals surface area contributed by atoms with Crippen LogP contribution in [0.4, 0.5) is 0 Å². The van der Waals surface area contributed by atoms with E-state index in [1.807, 2.05) is 6.08 Å². The molecule has 0 saturated heterocycles. The summed E-state index contributed by atoms with van der Waals surface area (Å²) in [6.07, 6.45) is 60.1. The maximum absolute atomic E-state index is 12.4. The van der Waals surface area contributed by atoms with Gasteiger partial charge < -0.3 is 20.3 Å². The first-order valence-corrected chi connectivity index (χ1v) is 26.3. The summed E-state index contributed by atoms with van der Waals surface area (Å²) in [5.74, 6) is -0.174. The highest BCUT2D eigenvalue weighted by Gasteiger charge is 2.17. The van der Waals surface area contributed by atoms with Crippen LogP contribution in [0.3, 0.4) is 0 Å². The summed E-state index contributed by atoms with van der Waals surface area (Å²) in [6.45, 7) is 4.80. The minimum atomic E-state index is -0.876. The minimum absolute atomic E-state index is 0.0461. The van der Waals surface area contributed by atoms with Crippen molar-refractivity contribution in [3.8, 4) is 0 Å². The number of aliphatic hydroxyl groups excluding tert-OH is 2. The Morgan fingerprint density at radius 2 is 0.800 bits per heavy atom. The number of aliphatic hydroxyl groups is 2. The van der Waals surface area contributed by atoms with Crippen LogP contribution >= 0.6 is 0 Å². The van der Waals surface area contributed by atoms with Crippen LogP contribution in [-0.2, 0) is 14.3 Å². The van der Waals surface area contributed by atoms with Gasteiger partial charge in [0.2, 0.25) is 5.91 Å². The Bertz CT molecular complexity index is 977. The summed E-state index contributed by atoms with van der Waals surface area (Å²) in [5, 5.41) is 23.0. The zero-order valence-electron chi connectivity index (χ0n) is 39.9. The predicted molar refractivity (Wildman–Crippen MR) is 259 cm³/mol. The second-order valence-electron chi connectivity index (χ2n) is 17.8. The van der Waals surface area contributed by atoms with Crippen molar-refractivity contribution >= 4 is 11.9 Å². The largest absolute Gasteiger partial charge is 0.466 e. The summed E-state index contributed by atoms with van der Waals surface area (Å²) in [4.78, 5) is 24.5. The van der Waals surface area contributed by atoms with Crippen LogP contribution in [0.5, 0.6) is 0 Å². The van der Waals surface area contributed by atoms with E-state index in [2.05, 4.69) is 43.5 Å². The third-order valence-corrected chi connectivity index (χ3v) is 11.9. The molecule has 0 aromatic carbocycles. The molecule has 0 aromatic heterocycles. The molecular weight excluding hydrogens is 743 g/mol. The molecule has 0 bridgehead atoms. The summed E-state index contributed by atoms with van der Waals surface area (Å²) < 4.78 is 5.43. The van der Waals surface area contributed by atoms with Crippen molar-refractivity contribution in [2.24, 2.45) is 0 Å². The third-order valence-electron chi connectivity index (χ3n) is 11.9. The van der Waals surface area contributed by atoms with E-state index in [1.165, 1.54) is 173 Å². The number of nitrogens with one attached hydrogen (secondary N) is 1. The number of hydrogen-bond acceptors (Lipinski definition) is 5. The zero-order chi connectivity index (χ0) is 43.7. The number of allylic oxidation sites excluding steroid dienone is 5. The molecule has 1 amide bonds. The van der Waals surface area contributed by atoms with Gasteiger partial charge in [-0.3, -0.25) is 9.59 Å². The van der Waals surface area contributed by atoms with Crippen molar-refractivity contribution in [3.05, 3.63) is 36.5 Å². The Kier molecular flexibility index (Phi) is 48.1. The molecule has 0 aromatic rings. The Morgan fingerprint density at radius 1 is 0.450 bits per heavy atom. The lowest BCUT2D eigenvalue weighted by molar-refractivity contribution is -0.143. The molecule has 3 N–H and O–H groups in total. The molecule has 2 unspecified atom stereocenters. The van der Waals surface area contributed by atoms with Crippen LogP contribution in [0.2, 0.25) is 0 Å². The van der Waals surface area contributed by atoms with Gasteiger partial charge in [0.25, 0.3) is 0 Å². The maximum atomic E-state index is 12.4. The van der Waals surface area contributed by atoms with E-state index in [1.54, 1.807) is 6.08 Å². The Labute approximate surface area is 373 Å². The smallest absolute Gasteiger partial charge is 0.305 e. The van der Waals surface area contributed by atoms with Gasteiger partial charge in [0, 0.05) is 12.8 Å². The number of esters is 1. The molecule has 0 rings (SSSR count). The van der Waals surface area contributed by atoms with E-state index in [4.69, 9.17) is 4.74 Å². The molecular formula is C54H101NO5. The van der Waals surface area contributed by atoms with Crippen molar-refractivity contribution in [2.45, 2.75) is 283 Å². The fourth-order valence-corrected chi connectivity index (χ4v) is 7.81. The van der Waals surface area contributed by atoms with Gasteiger partial charge in [-0.2, -0.15) is 0 Å². The van der Waals surface area contributed by atoms with E-state index in [0.717, 1.165) is 70.6 Å². The second-order valence-corrected chi connectivity index (χ2v) is 17.8. The Balaban J connectivity index is 3.59. The van der Waals surface area contributed by atoms with Crippen LogP contribution in [0.25, 0.3) is 0 Å². The lowest BCUT2D eigenvalue weighted by atomic mass is 10.0. The van der Waals surface area contributed by atoms with Gasteiger partial charge in [0.1, 0.15) is 0 Å². The number of carbonyl (C=O) groups excluding carboxylic acids is 2. The van der Waals surface area contributed by atoms with Gasteiger partial charge in [0.15, 0.2) is 0 Å². The Hall–Kier alpha value is -1.92. The first-order chi connectivity index (χ1) is 29.5. The number of hydrogen-bond donors (Lipinski definition) is 3. The highest BCUT2D eigenvalue weighted by Crippen LogP contribution is 2.15. The first-order valence-electron chi connectivity index (χ1n) is 26.3. The third kappa shape index (κ3) is 45.6. The topological polar surface area (TPSA) is 95.9 Å². The molecule has 6 heteroatoms. The summed E-state index contributed by atoms with van der Waals surface area (Å²) in [6, 6.07) is -0.666. The fraction of sp³-hybridized carbons (Fsp3) is 0.852. The summed E-state index contributed by atoms with van der Waals surface area (Å²) >= 11 is 0. The van der Waals surface area contributed by atoms with Crippen LogP contribution in [0.1, 0.15) is 271 Å². The molecule has 0 radical (unpaired) electrons. The molecule has 0 spiro atoms. The molecule has 352 valence electrons. The summed E-state index contributed by atoms with van der Waals surface area (Å²) in [5.41, 5.74) is 0. The highest BCUT2D eigenvalue weighted by atomic mass is 16.5. The molecule has 2 atom stereocenters. The van der Waals surface area contributed by atoms with E-state index in [-0.39, 0.29) is 18.5 Å². The number of rotatable bonds is 48. The molecule has 0 heterocycles. The maximum Gasteiger partial charge on any atom is 0.305 e. The lowest BCUT2D eigenvalue weighted by Gasteiger charge is -2.19. The van der Waals surface area contributed by atoms with Gasteiger partial charge in [-0.1, -0.05) is 217 Å². The molecule has 6 nitrogen and oxygen atoms in total. The molecule has 60 heavy (non-hydrogen) atoms. The van der Waals surface area contributed by atoms with Crippen molar-refractivity contribution in [2.75, 3.05) is 13.2 Å². The van der Waals surface area contributed by atoms with Gasteiger partial charge in [-0.15, -0.1) is 0 Å². The molecule has 0 aliphatic rings. The van der Waals surface area contributed by atoms with Crippen molar-refractivity contribution in [1.29, 1.82) is 0 Å². The minimum Gasteiger partial charge on any atom is -0.466 e. The van der Waals surface area contributed by atoms with Crippen LogP contribution in [0, 0.1) is 0 Å². The average molecular weight is 844 g/mol. The van der Waals surface area contributed by atoms with E-state index in [9.17, 15) is 19.8 Å². The van der Waals surface area contributed by atoms with Crippen molar-refractivity contribution < 1.29 is 24.5 Å². The van der Waals surface area contributed by atoms with Gasteiger partial charge in [0.05, 0.1) is 25.4 Å².